The van der Waals surface area contributed by atoms with Gasteiger partial charge in [0.05, 0.1) is 16.6 Å². The number of likely N-dealkylation sites (tertiary alicyclic amines) is 1. The number of benzene rings is 2. The second-order valence-electron chi connectivity index (χ2n) is 6.60. The Morgan fingerprint density at radius 2 is 1.96 bits per heavy atom. The van der Waals surface area contributed by atoms with Crippen molar-refractivity contribution in [3.05, 3.63) is 69.8 Å². The highest BCUT2D eigenvalue weighted by Crippen LogP contribution is 2.36. The first-order valence-corrected chi connectivity index (χ1v) is 8.71. The molecule has 3 rings (SSSR count). The molecule has 0 aromatic heterocycles. The van der Waals surface area contributed by atoms with Crippen molar-refractivity contribution < 1.29 is 27.9 Å². The number of nitro groups is 1. The lowest BCUT2D eigenvalue weighted by Gasteiger charge is -2.25. The third-order valence-corrected chi connectivity index (χ3v) is 4.68. The summed E-state index contributed by atoms with van der Waals surface area (Å²) < 4.78 is 44.5. The smallest absolute Gasteiger partial charge is 0.416 e. The quantitative estimate of drug-likeness (QED) is 0.594. The van der Waals surface area contributed by atoms with Crippen molar-refractivity contribution in [1.82, 2.24) is 4.90 Å². The first kappa shape index (κ1) is 20.1. The molecule has 28 heavy (non-hydrogen) atoms. The molecule has 0 amide bonds. The van der Waals surface area contributed by atoms with Gasteiger partial charge in [0.1, 0.15) is 6.61 Å². The Hall–Kier alpha value is -2.65. The Labute approximate surface area is 159 Å². The maximum absolute atomic E-state index is 13.0. The van der Waals surface area contributed by atoms with Crippen molar-refractivity contribution in [1.29, 1.82) is 0 Å². The van der Waals surface area contributed by atoms with Gasteiger partial charge in [0.15, 0.2) is 5.75 Å². The lowest BCUT2D eigenvalue weighted by molar-refractivity contribution is -0.385. The number of halogens is 3. The molecule has 2 atom stereocenters. The van der Waals surface area contributed by atoms with Gasteiger partial charge in [0.2, 0.25) is 0 Å². The van der Waals surface area contributed by atoms with Gasteiger partial charge in [0.25, 0.3) is 0 Å². The zero-order valence-electron chi connectivity index (χ0n) is 14.8. The number of β-amino-alcohol motifs (C(OH)–C–C–N with tert-alkyl or cyclic N) is 1. The predicted molar refractivity (Wildman–Crippen MR) is 95.0 cm³/mol. The molecule has 2 aromatic carbocycles. The highest BCUT2D eigenvalue weighted by Gasteiger charge is 2.35. The highest BCUT2D eigenvalue weighted by molar-refractivity contribution is 5.45. The fourth-order valence-corrected chi connectivity index (χ4v) is 3.40. The zero-order chi connectivity index (χ0) is 20.3. The molecule has 150 valence electrons. The van der Waals surface area contributed by atoms with Crippen LogP contribution in [0.25, 0.3) is 0 Å². The molecule has 0 spiro atoms. The molecule has 0 aliphatic carbocycles. The van der Waals surface area contributed by atoms with Crippen LogP contribution in [0.3, 0.4) is 0 Å². The van der Waals surface area contributed by atoms with Crippen LogP contribution in [0.5, 0.6) is 5.75 Å². The van der Waals surface area contributed by atoms with E-state index in [1.807, 2.05) is 4.90 Å². The van der Waals surface area contributed by atoms with Gasteiger partial charge in [0, 0.05) is 25.2 Å². The van der Waals surface area contributed by atoms with Gasteiger partial charge < -0.3 is 9.84 Å². The monoisotopic (exact) mass is 396 g/mol. The number of alkyl halides is 3. The highest BCUT2D eigenvalue weighted by atomic mass is 19.4. The average Bonchev–Trinajstić information content (AvgIpc) is 3.02. The van der Waals surface area contributed by atoms with Gasteiger partial charge in [-0.3, -0.25) is 15.0 Å². The summed E-state index contributed by atoms with van der Waals surface area (Å²) in [6, 6.07) is 10.7. The summed E-state index contributed by atoms with van der Waals surface area (Å²) in [5, 5.41) is 21.0. The lowest BCUT2D eigenvalue weighted by Crippen LogP contribution is -2.29. The molecule has 0 radical (unpaired) electrons. The Morgan fingerprint density at radius 3 is 2.68 bits per heavy atom. The second-order valence-corrected chi connectivity index (χ2v) is 6.60. The minimum Gasteiger partial charge on any atom is -0.485 e. The van der Waals surface area contributed by atoms with Crippen molar-refractivity contribution in [2.24, 2.45) is 0 Å². The van der Waals surface area contributed by atoms with Crippen LogP contribution in [0.15, 0.2) is 48.5 Å². The average molecular weight is 396 g/mol. The van der Waals surface area contributed by atoms with Gasteiger partial charge >= 0.3 is 11.9 Å². The van der Waals surface area contributed by atoms with E-state index in [0.29, 0.717) is 25.1 Å². The maximum atomic E-state index is 13.0. The van der Waals surface area contributed by atoms with Crippen molar-refractivity contribution in [2.45, 2.75) is 24.7 Å². The maximum Gasteiger partial charge on any atom is 0.416 e. The Bertz CT molecular complexity index is 844. The molecule has 1 aliphatic heterocycles. The molecule has 0 unspecified atom stereocenters. The minimum atomic E-state index is -4.44. The molecule has 0 saturated carbocycles. The minimum absolute atomic E-state index is 0.104. The SMILES string of the molecule is O=[N+]([O-])c1ccccc1OCCN1C[C@@H](O)C[C@H]1c1cccc(C(F)(F)F)c1. The topological polar surface area (TPSA) is 75.8 Å². The predicted octanol–water partition coefficient (Wildman–Crippen LogP) is 3.80. The van der Waals surface area contributed by atoms with Gasteiger partial charge in [-0.1, -0.05) is 24.3 Å². The Kier molecular flexibility index (Phi) is 5.85. The van der Waals surface area contributed by atoms with E-state index in [2.05, 4.69) is 0 Å². The largest absolute Gasteiger partial charge is 0.485 e. The standard InChI is InChI=1S/C19H19F3N2O4/c20-19(21,22)14-5-3-4-13(10-14)17-11-15(25)12-23(17)8-9-28-18-7-2-1-6-16(18)24(26)27/h1-7,10,15,17,25H,8-9,11-12H2/t15-,17-/m0/s1. The van der Waals surface area contributed by atoms with E-state index in [4.69, 9.17) is 4.74 Å². The summed E-state index contributed by atoms with van der Waals surface area (Å²) in [5.74, 6) is 0.128. The van der Waals surface area contributed by atoms with Gasteiger partial charge in [-0.15, -0.1) is 0 Å². The molecule has 1 aliphatic rings. The number of para-hydroxylation sites is 2. The summed E-state index contributed by atoms with van der Waals surface area (Å²) in [4.78, 5) is 12.3. The third-order valence-electron chi connectivity index (χ3n) is 4.68. The Balaban J connectivity index is 1.69. The van der Waals surface area contributed by atoms with Crippen LogP contribution >= 0.6 is 0 Å². The number of rotatable bonds is 6. The van der Waals surface area contributed by atoms with Crippen molar-refractivity contribution >= 4 is 5.69 Å². The number of hydrogen-bond acceptors (Lipinski definition) is 5. The summed E-state index contributed by atoms with van der Waals surface area (Å²) in [6.07, 6.45) is -4.79. The van der Waals surface area contributed by atoms with Crippen LogP contribution in [0, 0.1) is 10.1 Å². The van der Waals surface area contributed by atoms with E-state index in [-0.39, 0.29) is 24.1 Å². The van der Waals surface area contributed by atoms with Crippen LogP contribution in [-0.2, 0) is 6.18 Å². The van der Waals surface area contributed by atoms with Crippen molar-refractivity contribution in [2.75, 3.05) is 19.7 Å². The molecular formula is C19H19F3N2O4. The van der Waals surface area contributed by atoms with E-state index in [9.17, 15) is 28.4 Å². The number of hydrogen-bond donors (Lipinski definition) is 1. The number of aliphatic hydroxyl groups is 1. The van der Waals surface area contributed by atoms with E-state index >= 15 is 0 Å². The van der Waals surface area contributed by atoms with Gasteiger partial charge in [-0.25, -0.2) is 0 Å². The summed E-state index contributed by atoms with van der Waals surface area (Å²) in [6.45, 7) is 0.707. The number of aliphatic hydroxyl groups excluding tert-OH is 1. The van der Waals surface area contributed by atoms with Gasteiger partial charge in [-0.05, 0) is 30.2 Å². The first-order valence-electron chi connectivity index (χ1n) is 8.71. The fourth-order valence-electron chi connectivity index (χ4n) is 3.40. The van der Waals surface area contributed by atoms with Crippen molar-refractivity contribution in [3.63, 3.8) is 0 Å². The van der Waals surface area contributed by atoms with E-state index in [1.54, 1.807) is 12.1 Å². The molecule has 2 aromatic rings. The second kappa shape index (κ2) is 8.15. The normalized spacial score (nSPS) is 20.3. The van der Waals surface area contributed by atoms with E-state index in [1.165, 1.54) is 24.3 Å². The molecule has 0 bridgehead atoms. The lowest BCUT2D eigenvalue weighted by atomic mass is 10.0. The number of nitrogens with zero attached hydrogens (tertiary/aromatic N) is 2. The molecule has 1 fully saturated rings. The summed E-state index contributed by atoms with van der Waals surface area (Å²) in [5.41, 5.74) is -0.419. The zero-order valence-corrected chi connectivity index (χ0v) is 14.8. The molecule has 1 N–H and O–H groups in total. The Morgan fingerprint density at radius 1 is 1.21 bits per heavy atom. The third kappa shape index (κ3) is 4.60. The molecular weight excluding hydrogens is 377 g/mol. The van der Waals surface area contributed by atoms with Crippen LogP contribution in [-0.4, -0.2) is 40.7 Å². The molecule has 1 saturated heterocycles. The number of nitro benzene ring substituents is 1. The van der Waals surface area contributed by atoms with Gasteiger partial charge in [-0.2, -0.15) is 13.2 Å². The summed E-state index contributed by atoms with van der Waals surface area (Å²) >= 11 is 0. The van der Waals surface area contributed by atoms with Crippen LogP contribution in [0.1, 0.15) is 23.6 Å². The summed E-state index contributed by atoms with van der Waals surface area (Å²) in [7, 11) is 0. The van der Waals surface area contributed by atoms with Crippen LogP contribution < -0.4 is 4.74 Å². The van der Waals surface area contributed by atoms with E-state index < -0.39 is 22.8 Å². The number of ether oxygens (including phenoxy) is 1. The van der Waals surface area contributed by atoms with Crippen molar-refractivity contribution in [3.8, 4) is 5.75 Å². The molecule has 9 heteroatoms. The van der Waals surface area contributed by atoms with E-state index in [0.717, 1.165) is 12.1 Å². The molecule has 6 nitrogen and oxygen atoms in total. The molecule has 1 heterocycles. The fraction of sp³-hybridized carbons (Fsp3) is 0.368. The van der Waals surface area contributed by atoms with Crippen LogP contribution in [0.4, 0.5) is 18.9 Å². The van der Waals surface area contributed by atoms with Crippen LogP contribution in [0.2, 0.25) is 0 Å². The first-order chi connectivity index (χ1) is 13.3.